The van der Waals surface area contributed by atoms with Gasteiger partial charge in [0, 0.05) is 19.6 Å². The fraction of sp³-hybridized carbons (Fsp3) is 0.333. The van der Waals surface area contributed by atoms with E-state index in [-0.39, 0.29) is 24.4 Å². The highest BCUT2D eigenvalue weighted by molar-refractivity contribution is 6.33. The second-order valence-electron chi connectivity index (χ2n) is 6.61. The Hall–Kier alpha value is -2.41. The molecule has 1 heterocycles. The van der Waals surface area contributed by atoms with Crippen LogP contribution in [-0.2, 0) is 9.53 Å². The van der Waals surface area contributed by atoms with E-state index < -0.39 is 0 Å². The predicted octanol–water partition coefficient (Wildman–Crippen LogP) is 2.26. The molecule has 0 radical (unpaired) electrons. The number of hydrogen-bond donors (Lipinski definition) is 2. The first kappa shape index (κ1) is 20.3. The molecule has 1 aliphatic rings. The Morgan fingerprint density at radius 1 is 1.04 bits per heavy atom. The maximum Gasteiger partial charge on any atom is 0.253 e. The number of benzene rings is 2. The summed E-state index contributed by atoms with van der Waals surface area (Å²) in [4.78, 5) is 27.0. The Morgan fingerprint density at radius 2 is 1.71 bits per heavy atom. The Bertz CT molecular complexity index is 794. The van der Waals surface area contributed by atoms with Gasteiger partial charge in [-0.1, -0.05) is 54.1 Å². The van der Waals surface area contributed by atoms with Crippen molar-refractivity contribution < 1.29 is 14.3 Å². The van der Waals surface area contributed by atoms with Crippen LogP contribution in [0, 0.1) is 0 Å². The minimum Gasteiger partial charge on any atom is -0.379 e. The Labute approximate surface area is 169 Å². The number of nitrogens with one attached hydrogen (secondary N) is 2. The molecule has 2 amide bonds. The minimum atomic E-state index is -0.370. The topological polar surface area (TPSA) is 70.7 Å². The van der Waals surface area contributed by atoms with Gasteiger partial charge in [0.15, 0.2) is 0 Å². The monoisotopic (exact) mass is 401 g/mol. The van der Waals surface area contributed by atoms with E-state index in [2.05, 4.69) is 15.5 Å². The molecule has 2 aromatic carbocycles. The lowest BCUT2D eigenvalue weighted by Crippen LogP contribution is -2.45. The molecule has 28 heavy (non-hydrogen) atoms. The molecular formula is C21H24ClN3O3. The molecule has 1 aliphatic heterocycles. The maximum atomic E-state index is 12.5. The van der Waals surface area contributed by atoms with Gasteiger partial charge in [-0.25, -0.2) is 0 Å². The molecule has 0 aromatic heterocycles. The summed E-state index contributed by atoms with van der Waals surface area (Å²) in [5.41, 5.74) is 1.38. The van der Waals surface area contributed by atoms with Crippen LogP contribution in [0.25, 0.3) is 0 Å². The summed E-state index contributed by atoms with van der Waals surface area (Å²) < 4.78 is 5.40. The fourth-order valence-corrected chi connectivity index (χ4v) is 3.33. The van der Waals surface area contributed by atoms with Crippen molar-refractivity contribution in [3.05, 3.63) is 70.7 Å². The van der Waals surface area contributed by atoms with E-state index in [0.717, 1.165) is 18.7 Å². The van der Waals surface area contributed by atoms with Crippen LogP contribution in [-0.4, -0.2) is 56.1 Å². The third-order valence-electron chi connectivity index (χ3n) is 4.61. The molecule has 1 saturated heterocycles. The molecule has 0 bridgehead atoms. The quantitative estimate of drug-likeness (QED) is 0.746. The molecular weight excluding hydrogens is 378 g/mol. The molecule has 6 nitrogen and oxygen atoms in total. The van der Waals surface area contributed by atoms with Crippen LogP contribution in [0.5, 0.6) is 0 Å². The van der Waals surface area contributed by atoms with Crippen molar-refractivity contribution in [1.82, 2.24) is 15.5 Å². The summed E-state index contributed by atoms with van der Waals surface area (Å²) in [7, 11) is 0. The normalized spacial score (nSPS) is 15.6. The standard InChI is InChI=1S/C21H24ClN3O3/c22-18-9-5-4-8-17(18)21(27)23-14-20(26)24-19(16-6-2-1-3-7-16)15-25-10-12-28-13-11-25/h1-9,19H,10-15H2,(H,23,27)(H,24,26). The zero-order valence-electron chi connectivity index (χ0n) is 15.6. The highest BCUT2D eigenvalue weighted by Gasteiger charge is 2.20. The minimum absolute atomic E-state index is 0.115. The average Bonchev–Trinajstić information content (AvgIpc) is 2.73. The number of ether oxygens (including phenoxy) is 1. The van der Waals surface area contributed by atoms with Crippen LogP contribution in [0.4, 0.5) is 0 Å². The lowest BCUT2D eigenvalue weighted by atomic mass is 10.1. The van der Waals surface area contributed by atoms with Crippen molar-refractivity contribution in [3.63, 3.8) is 0 Å². The molecule has 2 N–H and O–H groups in total. The predicted molar refractivity (Wildman–Crippen MR) is 108 cm³/mol. The second kappa shape index (κ2) is 10.2. The van der Waals surface area contributed by atoms with Gasteiger partial charge in [-0.15, -0.1) is 0 Å². The van der Waals surface area contributed by atoms with Crippen molar-refractivity contribution in [2.24, 2.45) is 0 Å². The molecule has 0 spiro atoms. The smallest absolute Gasteiger partial charge is 0.253 e. The van der Waals surface area contributed by atoms with Crippen molar-refractivity contribution in [3.8, 4) is 0 Å². The molecule has 3 rings (SSSR count). The van der Waals surface area contributed by atoms with Gasteiger partial charge in [-0.3, -0.25) is 14.5 Å². The number of morpholine rings is 1. The Morgan fingerprint density at radius 3 is 2.43 bits per heavy atom. The molecule has 1 fully saturated rings. The number of halogens is 1. The van der Waals surface area contributed by atoms with Crippen LogP contribution in [0.2, 0.25) is 5.02 Å². The van der Waals surface area contributed by atoms with E-state index in [9.17, 15) is 9.59 Å². The zero-order valence-corrected chi connectivity index (χ0v) is 16.3. The summed E-state index contributed by atoms with van der Waals surface area (Å²) in [6.07, 6.45) is 0. The number of rotatable bonds is 7. The summed E-state index contributed by atoms with van der Waals surface area (Å²) in [5, 5.41) is 6.02. The highest BCUT2D eigenvalue weighted by atomic mass is 35.5. The third-order valence-corrected chi connectivity index (χ3v) is 4.94. The zero-order chi connectivity index (χ0) is 19.8. The third kappa shape index (κ3) is 5.79. The van der Waals surface area contributed by atoms with Crippen LogP contribution in [0.1, 0.15) is 22.0 Å². The average molecular weight is 402 g/mol. The largest absolute Gasteiger partial charge is 0.379 e. The van der Waals surface area contributed by atoms with Crippen LogP contribution >= 0.6 is 11.6 Å². The lowest BCUT2D eigenvalue weighted by molar-refractivity contribution is -0.121. The molecule has 0 aliphatic carbocycles. The van der Waals surface area contributed by atoms with Crippen LogP contribution < -0.4 is 10.6 Å². The summed E-state index contributed by atoms with van der Waals surface area (Å²) in [5.74, 6) is -0.618. The van der Waals surface area contributed by atoms with Gasteiger partial charge in [0.05, 0.1) is 36.4 Å². The van der Waals surface area contributed by atoms with Gasteiger partial charge in [0.1, 0.15) is 0 Å². The van der Waals surface area contributed by atoms with E-state index in [4.69, 9.17) is 16.3 Å². The first-order valence-electron chi connectivity index (χ1n) is 9.30. The summed E-state index contributed by atoms with van der Waals surface area (Å²) >= 11 is 6.03. The van der Waals surface area contributed by atoms with E-state index in [1.807, 2.05) is 30.3 Å². The summed E-state index contributed by atoms with van der Waals surface area (Å²) in [6.45, 7) is 3.64. The number of nitrogens with zero attached hydrogens (tertiary/aromatic N) is 1. The number of amides is 2. The van der Waals surface area contributed by atoms with Gasteiger partial charge in [-0.05, 0) is 17.7 Å². The number of hydrogen-bond acceptors (Lipinski definition) is 4. The van der Waals surface area contributed by atoms with Crippen molar-refractivity contribution in [2.75, 3.05) is 39.4 Å². The number of carbonyl (C=O) groups excluding carboxylic acids is 2. The van der Waals surface area contributed by atoms with E-state index in [1.54, 1.807) is 24.3 Å². The highest BCUT2D eigenvalue weighted by Crippen LogP contribution is 2.16. The molecule has 0 saturated carbocycles. The first-order chi connectivity index (χ1) is 13.6. The van der Waals surface area contributed by atoms with Gasteiger partial charge < -0.3 is 15.4 Å². The Kier molecular flexibility index (Phi) is 7.42. The van der Waals surface area contributed by atoms with Gasteiger partial charge >= 0.3 is 0 Å². The lowest BCUT2D eigenvalue weighted by Gasteiger charge is -2.31. The van der Waals surface area contributed by atoms with E-state index in [1.165, 1.54) is 0 Å². The van der Waals surface area contributed by atoms with Crippen LogP contribution in [0.15, 0.2) is 54.6 Å². The molecule has 1 atom stereocenters. The van der Waals surface area contributed by atoms with Crippen LogP contribution in [0.3, 0.4) is 0 Å². The van der Waals surface area contributed by atoms with Crippen molar-refractivity contribution in [1.29, 1.82) is 0 Å². The van der Waals surface area contributed by atoms with Crippen molar-refractivity contribution >= 4 is 23.4 Å². The van der Waals surface area contributed by atoms with E-state index in [0.29, 0.717) is 30.3 Å². The Balaban J connectivity index is 1.59. The summed E-state index contributed by atoms with van der Waals surface area (Å²) in [6, 6.07) is 16.4. The molecule has 7 heteroatoms. The van der Waals surface area contributed by atoms with E-state index >= 15 is 0 Å². The first-order valence-corrected chi connectivity index (χ1v) is 9.68. The fourth-order valence-electron chi connectivity index (χ4n) is 3.11. The van der Waals surface area contributed by atoms with Gasteiger partial charge in [0.2, 0.25) is 5.91 Å². The second-order valence-corrected chi connectivity index (χ2v) is 7.01. The maximum absolute atomic E-state index is 12.5. The molecule has 148 valence electrons. The van der Waals surface area contributed by atoms with Crippen molar-refractivity contribution in [2.45, 2.75) is 6.04 Å². The molecule has 2 aromatic rings. The number of carbonyl (C=O) groups is 2. The van der Waals surface area contributed by atoms with Gasteiger partial charge in [-0.2, -0.15) is 0 Å². The van der Waals surface area contributed by atoms with Gasteiger partial charge in [0.25, 0.3) is 5.91 Å². The SMILES string of the molecule is O=C(CNC(=O)c1ccccc1Cl)NC(CN1CCOCC1)c1ccccc1. The molecule has 1 unspecified atom stereocenters.